The van der Waals surface area contributed by atoms with Crippen LogP contribution in [-0.2, 0) is 0 Å². The van der Waals surface area contributed by atoms with Gasteiger partial charge in [-0.1, -0.05) is 109 Å². The van der Waals surface area contributed by atoms with Crippen LogP contribution in [0.3, 0.4) is 0 Å². The van der Waals surface area contributed by atoms with Crippen LogP contribution in [0, 0.1) is 0 Å². The third-order valence-corrected chi connectivity index (χ3v) is 9.13. The Morgan fingerprint density at radius 1 is 0.385 bits per heavy atom. The van der Waals surface area contributed by atoms with Crippen molar-refractivity contribution in [2.45, 2.75) is 0 Å². The topological polar surface area (TPSA) is 9.86 Å². The van der Waals surface area contributed by atoms with E-state index in [0.717, 1.165) is 0 Å². The lowest BCUT2D eigenvalue weighted by Crippen LogP contribution is -2.51. The molecule has 0 spiro atoms. The minimum absolute atomic E-state index is 0.144. The van der Waals surface area contributed by atoms with E-state index in [9.17, 15) is 0 Å². The fourth-order valence-corrected chi connectivity index (χ4v) is 7.70. The average molecular weight is 492 g/mol. The fraction of sp³-hybridized carbons (Fsp3) is 0. The van der Waals surface area contributed by atoms with Crippen molar-refractivity contribution >= 4 is 66.7 Å². The molecule has 0 aliphatic carbocycles. The molecule has 0 saturated carbocycles. The van der Waals surface area contributed by atoms with Gasteiger partial charge in [0.05, 0.1) is 22.1 Å². The molecule has 3 heteroatoms. The summed E-state index contributed by atoms with van der Waals surface area (Å²) in [6.07, 6.45) is 0. The van der Waals surface area contributed by atoms with Crippen LogP contribution in [0.4, 0.5) is 0 Å². The van der Waals surface area contributed by atoms with E-state index in [1.165, 1.54) is 82.5 Å². The largest absolute Gasteiger partial charge is 0.308 e. The zero-order valence-corrected chi connectivity index (χ0v) is 21.1. The maximum absolute atomic E-state index is 2.56. The third-order valence-electron chi connectivity index (χ3n) is 9.13. The molecule has 2 aliphatic rings. The number of hydrogen-bond donors (Lipinski definition) is 0. The number of rotatable bonds is 0. The first-order valence-electron chi connectivity index (χ1n) is 13.7. The number of benzene rings is 6. The van der Waals surface area contributed by atoms with Crippen molar-refractivity contribution < 1.29 is 0 Å². The highest BCUT2D eigenvalue weighted by Gasteiger charge is 2.39. The summed E-state index contributed by atoms with van der Waals surface area (Å²) < 4.78 is 5.11. The molecule has 0 amide bonds. The third kappa shape index (κ3) is 2.27. The summed E-state index contributed by atoms with van der Waals surface area (Å²) >= 11 is 0. The molecule has 0 radical (unpaired) electrons. The second kappa shape index (κ2) is 6.89. The number of nitrogens with zero attached hydrogens (tertiary/aromatic N) is 2. The second-order valence-corrected chi connectivity index (χ2v) is 10.9. The Hall–Kier alpha value is -5.02. The van der Waals surface area contributed by atoms with E-state index in [4.69, 9.17) is 0 Å². The number of para-hydroxylation sites is 3. The fourth-order valence-electron chi connectivity index (χ4n) is 7.70. The van der Waals surface area contributed by atoms with Gasteiger partial charge in [-0.25, -0.2) is 0 Å². The monoisotopic (exact) mass is 492 g/mol. The molecule has 2 nitrogen and oxygen atoms in total. The van der Waals surface area contributed by atoms with E-state index in [1.54, 1.807) is 0 Å². The van der Waals surface area contributed by atoms with Gasteiger partial charge in [-0.15, -0.1) is 0 Å². The zero-order valence-electron chi connectivity index (χ0n) is 21.1. The first-order valence-corrected chi connectivity index (χ1v) is 13.7. The number of hydrogen-bond acceptors (Lipinski definition) is 0. The van der Waals surface area contributed by atoms with Crippen LogP contribution in [0.25, 0.3) is 66.1 Å². The molecule has 178 valence electrons. The van der Waals surface area contributed by atoms with Gasteiger partial charge in [0, 0.05) is 32.9 Å². The predicted molar refractivity (Wildman–Crippen MR) is 165 cm³/mol. The molecule has 0 atom stereocenters. The minimum Gasteiger partial charge on any atom is -0.308 e. The summed E-state index contributed by atoms with van der Waals surface area (Å²) in [4.78, 5) is 0. The van der Waals surface area contributed by atoms with Crippen molar-refractivity contribution in [1.82, 2.24) is 9.13 Å². The summed E-state index contributed by atoms with van der Waals surface area (Å²) in [5.74, 6) is 0. The van der Waals surface area contributed by atoms with Crippen molar-refractivity contribution in [3.8, 4) is 22.5 Å². The summed E-state index contributed by atoms with van der Waals surface area (Å²) in [5, 5.41) is 5.18. The molecular weight excluding hydrogens is 471 g/mol. The van der Waals surface area contributed by atoms with Crippen LogP contribution in [-0.4, -0.2) is 15.8 Å². The second-order valence-electron chi connectivity index (χ2n) is 10.9. The first-order chi connectivity index (χ1) is 19.4. The molecule has 2 aromatic heterocycles. The van der Waals surface area contributed by atoms with Gasteiger partial charge in [0.25, 0.3) is 0 Å². The Bertz CT molecular complexity index is 2350. The molecule has 0 N–H and O–H groups in total. The van der Waals surface area contributed by atoms with E-state index >= 15 is 0 Å². The lowest BCUT2D eigenvalue weighted by molar-refractivity contribution is 1.16. The van der Waals surface area contributed by atoms with Gasteiger partial charge in [-0.2, -0.15) is 0 Å². The first kappa shape index (κ1) is 20.0. The molecule has 39 heavy (non-hydrogen) atoms. The van der Waals surface area contributed by atoms with E-state index in [-0.39, 0.29) is 6.71 Å². The SMILES string of the molecule is c1ccc2c(c1)B1c3ccccc3-n3c4ccccc4c4ccc5c6ccccc6n(c5c43)-c3cccc-2c31. The van der Waals surface area contributed by atoms with E-state index in [2.05, 4.69) is 137 Å². The van der Waals surface area contributed by atoms with Gasteiger partial charge in [-0.3, -0.25) is 0 Å². The summed E-state index contributed by atoms with van der Waals surface area (Å²) in [5.41, 5.74) is 14.4. The number of aromatic nitrogens is 2. The van der Waals surface area contributed by atoms with E-state index in [0.29, 0.717) is 0 Å². The van der Waals surface area contributed by atoms with Crippen molar-refractivity contribution in [2.24, 2.45) is 0 Å². The maximum atomic E-state index is 2.56. The number of fused-ring (bicyclic) bond motifs is 13. The maximum Gasteiger partial charge on any atom is 0.248 e. The minimum atomic E-state index is 0.144. The summed E-state index contributed by atoms with van der Waals surface area (Å²) in [6.45, 7) is 0.144. The van der Waals surface area contributed by atoms with Gasteiger partial charge in [-0.05, 0) is 46.3 Å². The normalized spacial score (nSPS) is 13.1. The zero-order chi connectivity index (χ0) is 25.2. The summed E-state index contributed by atoms with van der Waals surface area (Å²) in [6, 6.07) is 47.5. The molecule has 0 unspecified atom stereocenters. The van der Waals surface area contributed by atoms with Gasteiger partial charge >= 0.3 is 0 Å². The highest BCUT2D eigenvalue weighted by Crippen LogP contribution is 2.42. The lowest BCUT2D eigenvalue weighted by Gasteiger charge is -2.19. The molecule has 0 fully saturated rings. The van der Waals surface area contributed by atoms with Crippen LogP contribution in [0.1, 0.15) is 0 Å². The van der Waals surface area contributed by atoms with Gasteiger partial charge < -0.3 is 9.13 Å². The Kier molecular flexibility index (Phi) is 3.54. The Morgan fingerprint density at radius 2 is 0.923 bits per heavy atom. The Labute approximate surface area is 225 Å². The Balaban J connectivity index is 1.58. The van der Waals surface area contributed by atoms with E-state index in [1.807, 2.05) is 0 Å². The van der Waals surface area contributed by atoms with Crippen molar-refractivity contribution in [1.29, 1.82) is 0 Å². The lowest BCUT2D eigenvalue weighted by atomic mass is 9.38. The van der Waals surface area contributed by atoms with Crippen LogP contribution in [0.15, 0.2) is 127 Å². The van der Waals surface area contributed by atoms with Gasteiger partial charge in [0.15, 0.2) is 0 Å². The van der Waals surface area contributed by atoms with Crippen molar-refractivity contribution in [3.63, 3.8) is 0 Å². The standard InChI is InChI=1S/C36H21BN2/c1-4-14-28-22(10-1)25-13-9-19-33-34(25)37(28)29-15-5-8-18-32(29)38-30-16-6-2-11-23(30)26-20-21-27-24-12-3-7-17-31(24)39(33)36(27)35(26)38/h1-21H. The van der Waals surface area contributed by atoms with Crippen LogP contribution >= 0.6 is 0 Å². The van der Waals surface area contributed by atoms with Gasteiger partial charge in [0.1, 0.15) is 0 Å². The predicted octanol–water partition coefficient (Wildman–Crippen LogP) is 6.69. The highest BCUT2D eigenvalue weighted by atomic mass is 15.0. The van der Waals surface area contributed by atoms with Crippen molar-refractivity contribution in [3.05, 3.63) is 127 Å². The van der Waals surface area contributed by atoms with Crippen LogP contribution < -0.4 is 16.4 Å². The smallest absolute Gasteiger partial charge is 0.248 e. The van der Waals surface area contributed by atoms with E-state index < -0.39 is 0 Å². The summed E-state index contributed by atoms with van der Waals surface area (Å²) in [7, 11) is 0. The molecule has 0 saturated heterocycles. The average Bonchev–Trinajstić information content (AvgIpc) is 3.63. The highest BCUT2D eigenvalue weighted by molar-refractivity contribution is 7.00. The molecule has 4 heterocycles. The van der Waals surface area contributed by atoms with Gasteiger partial charge in [0.2, 0.25) is 6.71 Å². The molecular formula is C36H21BN2. The molecule has 10 rings (SSSR count). The molecule has 6 aromatic carbocycles. The van der Waals surface area contributed by atoms with Crippen molar-refractivity contribution in [2.75, 3.05) is 0 Å². The van der Waals surface area contributed by atoms with Crippen LogP contribution in [0.5, 0.6) is 0 Å². The Morgan fingerprint density at radius 3 is 1.67 bits per heavy atom. The molecule has 2 aliphatic heterocycles. The molecule has 0 bridgehead atoms. The molecule has 8 aromatic rings. The quantitative estimate of drug-likeness (QED) is 0.209. The van der Waals surface area contributed by atoms with Crippen LogP contribution in [0.2, 0.25) is 0 Å².